The second kappa shape index (κ2) is 4.43. The van der Waals surface area contributed by atoms with Crippen LogP contribution in [0.25, 0.3) is 0 Å². The topological polar surface area (TPSA) is 26.3 Å². The zero-order chi connectivity index (χ0) is 10.8. The molecule has 0 unspecified atom stereocenters. The molecule has 0 aromatic carbocycles. The van der Waals surface area contributed by atoms with E-state index in [0.717, 1.165) is 25.9 Å². The van der Waals surface area contributed by atoms with Gasteiger partial charge in [-0.1, -0.05) is 27.7 Å². The van der Waals surface area contributed by atoms with Crippen LogP contribution < -0.4 is 0 Å². The summed E-state index contributed by atoms with van der Waals surface area (Å²) in [4.78, 5) is 11.8. The first-order chi connectivity index (χ1) is 6.48. The summed E-state index contributed by atoms with van der Waals surface area (Å²) in [5, 5.41) is 0. The monoisotopic (exact) mass is 198 g/mol. The fourth-order valence-corrected chi connectivity index (χ4v) is 1.59. The zero-order valence-corrected chi connectivity index (χ0v) is 9.80. The van der Waals surface area contributed by atoms with E-state index in [1.54, 1.807) is 0 Å². The number of Topliss-reactive ketones (excluding diaryl/α,β-unsaturated/α-hetero) is 1. The van der Waals surface area contributed by atoms with E-state index < -0.39 is 0 Å². The molecule has 0 spiro atoms. The van der Waals surface area contributed by atoms with E-state index in [4.69, 9.17) is 4.74 Å². The van der Waals surface area contributed by atoms with Crippen LogP contribution in [0.4, 0.5) is 0 Å². The number of ether oxygens (including phenoxy) is 1. The Hall–Kier alpha value is -0.370. The van der Waals surface area contributed by atoms with Crippen LogP contribution in [0, 0.1) is 11.8 Å². The number of hydrogen-bond acceptors (Lipinski definition) is 2. The Bertz CT molecular complexity index is 202. The van der Waals surface area contributed by atoms with Gasteiger partial charge in [0, 0.05) is 12.5 Å². The van der Waals surface area contributed by atoms with Crippen LogP contribution in [-0.4, -0.2) is 18.0 Å². The van der Waals surface area contributed by atoms with Crippen molar-refractivity contribution in [2.45, 2.75) is 52.6 Å². The fourth-order valence-electron chi connectivity index (χ4n) is 1.59. The Labute approximate surface area is 87.0 Å². The van der Waals surface area contributed by atoms with Crippen molar-refractivity contribution in [2.24, 2.45) is 11.8 Å². The Morgan fingerprint density at radius 1 is 1.29 bits per heavy atom. The third-order valence-corrected chi connectivity index (χ3v) is 2.75. The van der Waals surface area contributed by atoms with Crippen molar-refractivity contribution in [1.82, 2.24) is 0 Å². The van der Waals surface area contributed by atoms with Crippen LogP contribution in [0.15, 0.2) is 0 Å². The maximum Gasteiger partial charge on any atom is 0.167 e. The standard InChI is InChI=1S/C12H22O2/c1-9(2)5-8-14-12(6-7-12)11(13)10(3)4/h9-10H,5-8H2,1-4H3. The molecule has 1 fully saturated rings. The van der Waals surface area contributed by atoms with Gasteiger partial charge in [0.25, 0.3) is 0 Å². The molecule has 2 heteroatoms. The van der Waals surface area contributed by atoms with E-state index in [9.17, 15) is 4.79 Å². The third kappa shape index (κ3) is 2.81. The molecular formula is C12H22O2. The second-order valence-corrected chi connectivity index (χ2v) is 5.04. The van der Waals surface area contributed by atoms with Gasteiger partial charge in [0.15, 0.2) is 5.78 Å². The number of rotatable bonds is 6. The van der Waals surface area contributed by atoms with Gasteiger partial charge in [-0.2, -0.15) is 0 Å². The molecule has 14 heavy (non-hydrogen) atoms. The lowest BCUT2D eigenvalue weighted by Gasteiger charge is -2.18. The van der Waals surface area contributed by atoms with Crippen LogP contribution >= 0.6 is 0 Å². The predicted molar refractivity (Wildman–Crippen MR) is 57.2 cm³/mol. The molecule has 2 nitrogen and oxygen atoms in total. The maximum absolute atomic E-state index is 11.8. The molecule has 0 radical (unpaired) electrons. The first kappa shape index (κ1) is 11.7. The van der Waals surface area contributed by atoms with E-state index in [0.29, 0.717) is 11.7 Å². The Morgan fingerprint density at radius 2 is 1.86 bits per heavy atom. The first-order valence-corrected chi connectivity index (χ1v) is 5.66. The van der Waals surface area contributed by atoms with Crippen molar-refractivity contribution in [3.05, 3.63) is 0 Å². The lowest BCUT2D eigenvalue weighted by molar-refractivity contribution is -0.136. The van der Waals surface area contributed by atoms with Crippen molar-refractivity contribution in [1.29, 1.82) is 0 Å². The molecule has 0 aromatic heterocycles. The fraction of sp³-hybridized carbons (Fsp3) is 0.917. The van der Waals surface area contributed by atoms with Gasteiger partial charge in [0.1, 0.15) is 5.60 Å². The van der Waals surface area contributed by atoms with Crippen LogP contribution in [0.2, 0.25) is 0 Å². The molecule has 0 aromatic rings. The van der Waals surface area contributed by atoms with E-state index in [2.05, 4.69) is 13.8 Å². The molecule has 0 saturated heterocycles. The maximum atomic E-state index is 11.8. The van der Waals surface area contributed by atoms with E-state index in [1.807, 2.05) is 13.8 Å². The number of carbonyl (C=O) groups excluding carboxylic acids is 1. The molecule has 1 aliphatic rings. The highest BCUT2D eigenvalue weighted by molar-refractivity contribution is 5.91. The molecule has 1 rings (SSSR count). The van der Waals surface area contributed by atoms with Gasteiger partial charge in [0.05, 0.1) is 0 Å². The summed E-state index contributed by atoms with van der Waals surface area (Å²) in [6.07, 6.45) is 2.91. The number of hydrogen-bond donors (Lipinski definition) is 0. The highest BCUT2D eigenvalue weighted by Gasteiger charge is 2.51. The SMILES string of the molecule is CC(C)CCOC1(C(=O)C(C)C)CC1. The molecule has 0 aliphatic heterocycles. The molecule has 0 N–H and O–H groups in total. The average molecular weight is 198 g/mol. The smallest absolute Gasteiger partial charge is 0.167 e. The highest BCUT2D eigenvalue weighted by Crippen LogP contribution is 2.42. The third-order valence-electron chi connectivity index (χ3n) is 2.75. The summed E-state index contributed by atoms with van der Waals surface area (Å²) in [5.41, 5.74) is -0.372. The minimum atomic E-state index is -0.372. The van der Waals surface area contributed by atoms with Gasteiger partial charge in [-0.15, -0.1) is 0 Å². The van der Waals surface area contributed by atoms with E-state index in [1.165, 1.54) is 0 Å². The van der Waals surface area contributed by atoms with Gasteiger partial charge >= 0.3 is 0 Å². The van der Waals surface area contributed by atoms with Crippen LogP contribution in [0.5, 0.6) is 0 Å². The largest absolute Gasteiger partial charge is 0.367 e. The highest BCUT2D eigenvalue weighted by atomic mass is 16.5. The molecule has 82 valence electrons. The van der Waals surface area contributed by atoms with Crippen LogP contribution in [0.3, 0.4) is 0 Å². The molecule has 0 amide bonds. The minimum Gasteiger partial charge on any atom is -0.367 e. The lowest BCUT2D eigenvalue weighted by Crippen LogP contribution is -2.30. The Kier molecular flexibility index (Phi) is 3.71. The van der Waals surface area contributed by atoms with Gasteiger partial charge in [-0.3, -0.25) is 4.79 Å². The summed E-state index contributed by atoms with van der Waals surface area (Å²) in [6, 6.07) is 0. The molecular weight excluding hydrogens is 176 g/mol. The second-order valence-electron chi connectivity index (χ2n) is 5.04. The van der Waals surface area contributed by atoms with Crippen LogP contribution in [0.1, 0.15) is 47.0 Å². The predicted octanol–water partition coefficient (Wildman–Crippen LogP) is 2.81. The van der Waals surface area contributed by atoms with Crippen LogP contribution in [-0.2, 0) is 9.53 Å². The summed E-state index contributed by atoms with van der Waals surface area (Å²) in [6.45, 7) is 8.99. The van der Waals surface area contributed by atoms with Crippen molar-refractivity contribution >= 4 is 5.78 Å². The van der Waals surface area contributed by atoms with Crippen molar-refractivity contribution in [2.75, 3.05) is 6.61 Å². The number of ketones is 1. The van der Waals surface area contributed by atoms with Crippen molar-refractivity contribution in [3.8, 4) is 0 Å². The summed E-state index contributed by atoms with van der Waals surface area (Å²) < 4.78 is 5.72. The molecule has 0 bridgehead atoms. The van der Waals surface area contributed by atoms with Crippen molar-refractivity contribution < 1.29 is 9.53 Å². The van der Waals surface area contributed by atoms with Gasteiger partial charge < -0.3 is 4.74 Å². The minimum absolute atomic E-state index is 0.108. The van der Waals surface area contributed by atoms with Gasteiger partial charge in [-0.05, 0) is 25.2 Å². The quantitative estimate of drug-likeness (QED) is 0.656. The first-order valence-electron chi connectivity index (χ1n) is 5.66. The molecule has 0 heterocycles. The summed E-state index contributed by atoms with van der Waals surface area (Å²) >= 11 is 0. The van der Waals surface area contributed by atoms with Gasteiger partial charge in [0.2, 0.25) is 0 Å². The Balaban J connectivity index is 2.32. The van der Waals surface area contributed by atoms with E-state index in [-0.39, 0.29) is 11.5 Å². The summed E-state index contributed by atoms with van der Waals surface area (Å²) in [5.74, 6) is 1.05. The molecule has 0 atom stereocenters. The zero-order valence-electron chi connectivity index (χ0n) is 9.80. The normalized spacial score (nSPS) is 19.0. The van der Waals surface area contributed by atoms with Crippen molar-refractivity contribution in [3.63, 3.8) is 0 Å². The molecule has 1 saturated carbocycles. The lowest BCUT2D eigenvalue weighted by atomic mass is 10.0. The molecule has 1 aliphatic carbocycles. The Morgan fingerprint density at radius 3 is 2.21 bits per heavy atom. The van der Waals surface area contributed by atoms with Gasteiger partial charge in [-0.25, -0.2) is 0 Å². The average Bonchev–Trinajstić information content (AvgIpc) is 2.83. The van der Waals surface area contributed by atoms with E-state index >= 15 is 0 Å². The number of carbonyl (C=O) groups is 1. The summed E-state index contributed by atoms with van der Waals surface area (Å²) in [7, 11) is 0.